The minimum atomic E-state index is -3.29. The van der Waals surface area contributed by atoms with Crippen LogP contribution in [0, 0.1) is 0 Å². The predicted octanol–water partition coefficient (Wildman–Crippen LogP) is 1.41. The molecule has 2 saturated heterocycles. The maximum atomic E-state index is 13.6. The van der Waals surface area contributed by atoms with E-state index in [2.05, 4.69) is 0 Å². The maximum Gasteiger partial charge on any atom is 0.326 e. The Morgan fingerprint density at radius 1 is 0.750 bits per heavy atom. The van der Waals surface area contributed by atoms with Crippen LogP contribution in [0.15, 0.2) is 24.3 Å². The van der Waals surface area contributed by atoms with E-state index in [0.29, 0.717) is 20.9 Å². The highest BCUT2D eigenvalue weighted by atomic mass is 19.3. The van der Waals surface area contributed by atoms with Gasteiger partial charge in [0.05, 0.1) is 25.9 Å². The third-order valence-corrected chi connectivity index (χ3v) is 5.48. The minimum absolute atomic E-state index is 0.340. The molecule has 2 aliphatic rings. The van der Waals surface area contributed by atoms with Gasteiger partial charge in [0.1, 0.15) is 12.1 Å². The molecule has 0 aliphatic carbocycles. The van der Waals surface area contributed by atoms with Crippen molar-refractivity contribution in [3.05, 3.63) is 35.4 Å². The molecule has 2 amide bonds. The zero-order valence-corrected chi connectivity index (χ0v) is 16.6. The number of carbonyl (C=O) groups excluding carboxylic acids is 2. The number of hydrogen-bond acceptors (Lipinski definition) is 4. The smallest absolute Gasteiger partial charge is 0.326 e. The van der Waals surface area contributed by atoms with Gasteiger partial charge in [-0.1, -0.05) is 24.3 Å². The molecule has 8 nitrogen and oxygen atoms in total. The Hall–Kier alpha value is -3.18. The molecule has 2 atom stereocenters. The van der Waals surface area contributed by atoms with E-state index in [4.69, 9.17) is 10.2 Å². The molecule has 0 bridgehead atoms. The van der Waals surface area contributed by atoms with Gasteiger partial charge in [-0.25, -0.2) is 27.2 Å². The Labute approximate surface area is 179 Å². The lowest BCUT2D eigenvalue weighted by molar-refractivity contribution is -0.148. The number of benzene rings is 1. The SMILES string of the molecule is O=C(O)C1CC(F)(F)CN1C(=O)Cc1ccc(CC(=O)N2CC(F)(F)CC2C(=O)O)cc1. The Kier molecular flexibility index (Phi) is 6.16. The molecule has 1 aromatic rings. The summed E-state index contributed by atoms with van der Waals surface area (Å²) in [5.74, 6) is -11.2. The number of carboxylic acid groups (broad SMARTS) is 2. The van der Waals surface area contributed by atoms with E-state index in [1.165, 1.54) is 24.3 Å². The fraction of sp³-hybridized carbons (Fsp3) is 0.500. The number of alkyl halides is 4. The van der Waals surface area contributed by atoms with Crippen LogP contribution in [0.3, 0.4) is 0 Å². The second kappa shape index (κ2) is 8.40. The van der Waals surface area contributed by atoms with E-state index in [9.17, 15) is 36.7 Å². The first-order chi connectivity index (χ1) is 14.8. The summed E-state index contributed by atoms with van der Waals surface area (Å²) in [6.45, 7) is -1.97. The van der Waals surface area contributed by atoms with Crippen molar-refractivity contribution in [2.24, 2.45) is 0 Å². The fourth-order valence-corrected chi connectivity index (χ4v) is 3.93. The summed E-state index contributed by atoms with van der Waals surface area (Å²) in [6.07, 6.45) is -2.59. The third-order valence-electron chi connectivity index (χ3n) is 5.48. The Balaban J connectivity index is 1.63. The maximum absolute atomic E-state index is 13.6. The lowest BCUT2D eigenvalue weighted by atomic mass is 10.1. The lowest BCUT2D eigenvalue weighted by Gasteiger charge is -2.21. The van der Waals surface area contributed by atoms with Crippen molar-refractivity contribution in [3.63, 3.8) is 0 Å². The predicted molar refractivity (Wildman–Crippen MR) is 99.3 cm³/mol. The first-order valence-corrected chi connectivity index (χ1v) is 9.66. The van der Waals surface area contributed by atoms with E-state index in [0.717, 1.165) is 0 Å². The van der Waals surface area contributed by atoms with E-state index in [1.807, 2.05) is 0 Å². The number of rotatable bonds is 6. The van der Waals surface area contributed by atoms with Crippen LogP contribution in [-0.4, -0.2) is 80.8 Å². The Bertz CT molecular complexity index is 862. The van der Waals surface area contributed by atoms with Gasteiger partial charge >= 0.3 is 11.9 Å². The fourth-order valence-electron chi connectivity index (χ4n) is 3.93. The molecule has 2 unspecified atom stereocenters. The van der Waals surface area contributed by atoms with E-state index < -0.39 is 73.6 Å². The topological polar surface area (TPSA) is 115 Å². The molecular formula is C20H20F4N2O6. The lowest BCUT2D eigenvalue weighted by Crippen LogP contribution is -2.41. The number of hydrogen-bond donors (Lipinski definition) is 2. The number of carboxylic acids is 2. The van der Waals surface area contributed by atoms with E-state index >= 15 is 0 Å². The summed E-state index contributed by atoms with van der Waals surface area (Å²) in [5.41, 5.74) is 0.753. The summed E-state index contributed by atoms with van der Waals surface area (Å²) in [5, 5.41) is 18.2. The molecular weight excluding hydrogens is 440 g/mol. The molecule has 12 heteroatoms. The molecule has 3 rings (SSSR count). The number of nitrogens with zero attached hydrogens (tertiary/aromatic N) is 2. The van der Waals surface area contributed by atoms with Crippen LogP contribution in [-0.2, 0) is 32.0 Å². The standard InChI is InChI=1S/C20H20F4N2O6/c21-19(22)7-13(17(29)30)25(9-19)15(27)5-11-1-2-12(4-3-11)6-16(28)26-10-20(23,24)8-14(26)18(31)32/h1-4,13-14H,5-10H2,(H,29,30)(H,31,32). The summed E-state index contributed by atoms with van der Waals surface area (Å²) >= 11 is 0. The first kappa shape index (κ1) is 23.5. The Morgan fingerprint density at radius 3 is 1.34 bits per heavy atom. The number of likely N-dealkylation sites (tertiary alicyclic amines) is 2. The van der Waals surface area contributed by atoms with Crippen molar-refractivity contribution < 1.29 is 47.0 Å². The number of aliphatic carboxylic acids is 2. The van der Waals surface area contributed by atoms with Crippen molar-refractivity contribution in [2.75, 3.05) is 13.1 Å². The van der Waals surface area contributed by atoms with Crippen LogP contribution in [0.2, 0.25) is 0 Å². The molecule has 0 saturated carbocycles. The van der Waals surface area contributed by atoms with Gasteiger partial charge in [0.25, 0.3) is 11.8 Å². The van der Waals surface area contributed by atoms with Crippen LogP contribution < -0.4 is 0 Å². The summed E-state index contributed by atoms with van der Waals surface area (Å²) in [4.78, 5) is 48.3. The molecule has 2 aliphatic heterocycles. The molecule has 0 spiro atoms. The number of carbonyl (C=O) groups is 4. The van der Waals surface area contributed by atoms with Crippen LogP contribution >= 0.6 is 0 Å². The van der Waals surface area contributed by atoms with Crippen LogP contribution in [0.1, 0.15) is 24.0 Å². The molecule has 2 N–H and O–H groups in total. The van der Waals surface area contributed by atoms with Crippen LogP contribution in [0.4, 0.5) is 17.6 Å². The zero-order chi connectivity index (χ0) is 23.8. The molecule has 2 heterocycles. The van der Waals surface area contributed by atoms with Crippen molar-refractivity contribution in [2.45, 2.75) is 49.6 Å². The average molecular weight is 460 g/mol. The number of halogens is 4. The van der Waals surface area contributed by atoms with Crippen LogP contribution in [0.25, 0.3) is 0 Å². The molecule has 174 valence electrons. The molecule has 2 fully saturated rings. The van der Waals surface area contributed by atoms with E-state index in [-0.39, 0.29) is 12.8 Å². The zero-order valence-electron chi connectivity index (χ0n) is 16.6. The normalized spacial score (nSPS) is 23.9. The van der Waals surface area contributed by atoms with Gasteiger partial charge in [-0.2, -0.15) is 0 Å². The van der Waals surface area contributed by atoms with Gasteiger partial charge in [0.2, 0.25) is 11.8 Å². The largest absolute Gasteiger partial charge is 0.480 e. The van der Waals surface area contributed by atoms with Crippen molar-refractivity contribution in [1.29, 1.82) is 0 Å². The van der Waals surface area contributed by atoms with Gasteiger partial charge in [0, 0.05) is 12.8 Å². The summed E-state index contributed by atoms with van der Waals surface area (Å²) < 4.78 is 54.2. The van der Waals surface area contributed by atoms with Gasteiger partial charge in [-0.05, 0) is 11.1 Å². The van der Waals surface area contributed by atoms with Gasteiger partial charge in [-0.3, -0.25) is 9.59 Å². The molecule has 32 heavy (non-hydrogen) atoms. The van der Waals surface area contributed by atoms with Crippen molar-refractivity contribution in [3.8, 4) is 0 Å². The molecule has 0 aromatic heterocycles. The van der Waals surface area contributed by atoms with Gasteiger partial charge in [-0.15, -0.1) is 0 Å². The van der Waals surface area contributed by atoms with Gasteiger partial charge in [0.15, 0.2) is 0 Å². The first-order valence-electron chi connectivity index (χ1n) is 9.66. The van der Waals surface area contributed by atoms with Crippen molar-refractivity contribution >= 4 is 23.8 Å². The highest BCUT2D eigenvalue weighted by Gasteiger charge is 2.51. The highest BCUT2D eigenvalue weighted by Crippen LogP contribution is 2.33. The highest BCUT2D eigenvalue weighted by molar-refractivity contribution is 5.87. The van der Waals surface area contributed by atoms with E-state index in [1.54, 1.807) is 0 Å². The minimum Gasteiger partial charge on any atom is -0.480 e. The quantitative estimate of drug-likeness (QED) is 0.621. The average Bonchev–Trinajstić information content (AvgIpc) is 3.19. The molecule has 0 radical (unpaired) electrons. The monoisotopic (exact) mass is 460 g/mol. The Morgan fingerprint density at radius 2 is 1.06 bits per heavy atom. The molecule has 1 aromatic carbocycles. The van der Waals surface area contributed by atoms with Crippen molar-refractivity contribution in [1.82, 2.24) is 9.80 Å². The second-order valence-corrected chi connectivity index (χ2v) is 8.04. The van der Waals surface area contributed by atoms with Crippen LogP contribution in [0.5, 0.6) is 0 Å². The van der Waals surface area contributed by atoms with Gasteiger partial charge < -0.3 is 20.0 Å². The third kappa shape index (κ3) is 5.17. The second-order valence-electron chi connectivity index (χ2n) is 8.04. The summed E-state index contributed by atoms with van der Waals surface area (Å²) in [6, 6.07) is 2.48. The number of amides is 2. The summed E-state index contributed by atoms with van der Waals surface area (Å²) in [7, 11) is 0.